The van der Waals surface area contributed by atoms with Gasteiger partial charge in [0.25, 0.3) is 5.91 Å². The molecule has 5 nitrogen and oxygen atoms in total. The summed E-state index contributed by atoms with van der Waals surface area (Å²) in [5, 5.41) is 4.12. The van der Waals surface area contributed by atoms with Crippen molar-refractivity contribution < 1.29 is 9.53 Å². The summed E-state index contributed by atoms with van der Waals surface area (Å²) in [6.07, 6.45) is 2.45. The molecule has 1 aliphatic heterocycles. The molecule has 0 fully saturated rings. The summed E-state index contributed by atoms with van der Waals surface area (Å²) >= 11 is 12.4. The van der Waals surface area contributed by atoms with Crippen molar-refractivity contribution in [2.45, 2.75) is 13.0 Å². The number of carbonyl (C=O) groups is 1. The van der Waals surface area contributed by atoms with Gasteiger partial charge in [0.15, 0.2) is 0 Å². The Bertz CT molecular complexity index is 766. The maximum atomic E-state index is 12.0. The lowest BCUT2D eigenvalue weighted by Gasteiger charge is -2.30. The molecule has 1 aliphatic rings. The van der Waals surface area contributed by atoms with Crippen molar-refractivity contribution >= 4 is 34.9 Å². The van der Waals surface area contributed by atoms with E-state index in [0.29, 0.717) is 35.3 Å². The number of nitrogens with zero attached hydrogens (tertiary/aromatic N) is 2. The summed E-state index contributed by atoms with van der Waals surface area (Å²) in [5.74, 6) is 0.669. The van der Waals surface area contributed by atoms with Gasteiger partial charge in [-0.2, -0.15) is 0 Å². The van der Waals surface area contributed by atoms with Crippen LogP contribution in [0.25, 0.3) is 0 Å². The second kappa shape index (κ2) is 8.04. The van der Waals surface area contributed by atoms with Crippen LogP contribution in [-0.2, 0) is 17.7 Å². The maximum absolute atomic E-state index is 12.0. The summed E-state index contributed by atoms with van der Waals surface area (Å²) < 4.78 is 4.92. The van der Waals surface area contributed by atoms with E-state index in [4.69, 9.17) is 27.9 Å². The minimum absolute atomic E-state index is 0.155. The van der Waals surface area contributed by atoms with Crippen LogP contribution in [0.15, 0.2) is 30.5 Å². The lowest BCUT2D eigenvalue weighted by molar-refractivity contribution is 0.0937. The van der Waals surface area contributed by atoms with Crippen molar-refractivity contribution in [3.05, 3.63) is 57.2 Å². The van der Waals surface area contributed by atoms with Crippen LogP contribution in [0.5, 0.6) is 0 Å². The van der Waals surface area contributed by atoms with Gasteiger partial charge in [0.2, 0.25) is 0 Å². The minimum atomic E-state index is -0.155. The van der Waals surface area contributed by atoms with Crippen LogP contribution >= 0.6 is 23.2 Å². The van der Waals surface area contributed by atoms with Crippen molar-refractivity contribution in [3.8, 4) is 0 Å². The predicted octanol–water partition coefficient (Wildman–Crippen LogP) is 3.33. The number of rotatable bonds is 5. The molecule has 0 unspecified atom stereocenters. The number of methoxy groups -OCH3 is 1. The molecule has 0 atom stereocenters. The Balaban J connectivity index is 1.70. The lowest BCUT2D eigenvalue weighted by atomic mass is 9.99. The molecule has 1 aromatic carbocycles. The standard InChI is InChI=1S/C18H19Cl2N3O2/c1-25-7-5-21-18(24)13-2-3-17(22-10-13)23-6-4-12-8-14(19)9-16(20)15(12)11-23/h2-3,8-10H,4-7,11H2,1H3,(H,21,24). The fourth-order valence-electron chi connectivity index (χ4n) is 2.85. The van der Waals surface area contributed by atoms with Crippen LogP contribution < -0.4 is 10.2 Å². The SMILES string of the molecule is COCCNC(=O)c1ccc(N2CCc3cc(Cl)cc(Cl)c3C2)nc1. The number of ether oxygens (including phenoxy) is 1. The van der Waals surface area contributed by atoms with Gasteiger partial charge in [0, 0.05) is 43.0 Å². The number of hydrogen-bond donors (Lipinski definition) is 1. The molecule has 1 amide bonds. The zero-order chi connectivity index (χ0) is 17.8. The van der Waals surface area contributed by atoms with E-state index >= 15 is 0 Å². The van der Waals surface area contributed by atoms with E-state index in [1.54, 1.807) is 25.4 Å². The number of pyridine rings is 1. The van der Waals surface area contributed by atoms with Gasteiger partial charge in [-0.15, -0.1) is 0 Å². The van der Waals surface area contributed by atoms with E-state index < -0.39 is 0 Å². The quantitative estimate of drug-likeness (QED) is 0.809. The Morgan fingerprint density at radius 2 is 2.20 bits per heavy atom. The molecule has 132 valence electrons. The molecule has 0 spiro atoms. The number of nitrogens with one attached hydrogen (secondary N) is 1. The molecular formula is C18H19Cl2N3O2. The number of carbonyl (C=O) groups excluding carboxylic acids is 1. The van der Waals surface area contributed by atoms with Gasteiger partial charge in [0.05, 0.1) is 12.2 Å². The van der Waals surface area contributed by atoms with Crippen molar-refractivity contribution in [3.63, 3.8) is 0 Å². The third-order valence-electron chi connectivity index (χ3n) is 4.18. The van der Waals surface area contributed by atoms with Crippen molar-refractivity contribution in [2.75, 3.05) is 31.7 Å². The molecule has 0 bridgehead atoms. The largest absolute Gasteiger partial charge is 0.383 e. The second-order valence-electron chi connectivity index (χ2n) is 5.85. The van der Waals surface area contributed by atoms with Crippen LogP contribution in [0.1, 0.15) is 21.5 Å². The first-order chi connectivity index (χ1) is 12.1. The number of anilines is 1. The van der Waals surface area contributed by atoms with Gasteiger partial charge in [-0.05, 0) is 41.8 Å². The van der Waals surface area contributed by atoms with E-state index in [0.717, 1.165) is 24.3 Å². The molecule has 0 saturated carbocycles. The third-order valence-corrected chi connectivity index (χ3v) is 4.73. The molecule has 7 heteroatoms. The highest BCUT2D eigenvalue weighted by Crippen LogP contribution is 2.31. The molecule has 2 heterocycles. The van der Waals surface area contributed by atoms with Crippen LogP contribution in [-0.4, -0.2) is 37.7 Å². The first kappa shape index (κ1) is 18.0. The smallest absolute Gasteiger partial charge is 0.252 e. The number of amides is 1. The summed E-state index contributed by atoms with van der Waals surface area (Å²) in [6.45, 7) is 2.46. The van der Waals surface area contributed by atoms with Crippen LogP contribution in [0.2, 0.25) is 10.0 Å². The average Bonchev–Trinajstić information content (AvgIpc) is 2.61. The highest BCUT2D eigenvalue weighted by Gasteiger charge is 2.20. The topological polar surface area (TPSA) is 54.5 Å². The van der Waals surface area contributed by atoms with Gasteiger partial charge >= 0.3 is 0 Å². The molecule has 0 saturated heterocycles. The summed E-state index contributed by atoms with van der Waals surface area (Å²) in [4.78, 5) is 18.6. The zero-order valence-electron chi connectivity index (χ0n) is 13.9. The Labute approximate surface area is 156 Å². The highest BCUT2D eigenvalue weighted by atomic mass is 35.5. The monoisotopic (exact) mass is 379 g/mol. The van der Waals surface area contributed by atoms with Gasteiger partial charge in [0.1, 0.15) is 5.82 Å². The molecule has 3 rings (SSSR count). The van der Waals surface area contributed by atoms with Crippen molar-refractivity contribution in [2.24, 2.45) is 0 Å². The summed E-state index contributed by atoms with van der Waals surface area (Å²) in [7, 11) is 1.60. The van der Waals surface area contributed by atoms with Gasteiger partial charge in [-0.3, -0.25) is 4.79 Å². The Hall–Kier alpha value is -1.82. The maximum Gasteiger partial charge on any atom is 0.252 e. The number of hydrogen-bond acceptors (Lipinski definition) is 4. The Kier molecular flexibility index (Phi) is 5.78. The second-order valence-corrected chi connectivity index (χ2v) is 6.69. The average molecular weight is 380 g/mol. The fraction of sp³-hybridized carbons (Fsp3) is 0.333. The minimum Gasteiger partial charge on any atom is -0.383 e. The number of benzene rings is 1. The first-order valence-corrected chi connectivity index (χ1v) is 8.79. The summed E-state index contributed by atoms with van der Waals surface area (Å²) in [5.41, 5.74) is 2.80. The number of aromatic nitrogens is 1. The number of halogens is 2. The Morgan fingerprint density at radius 3 is 2.92 bits per heavy atom. The molecule has 0 radical (unpaired) electrons. The molecule has 1 aromatic heterocycles. The first-order valence-electron chi connectivity index (χ1n) is 8.03. The van der Waals surface area contributed by atoms with Gasteiger partial charge in [-0.25, -0.2) is 4.98 Å². The lowest BCUT2D eigenvalue weighted by Crippen LogP contribution is -2.31. The number of fused-ring (bicyclic) bond motifs is 1. The van der Waals surface area contributed by atoms with Gasteiger partial charge in [-0.1, -0.05) is 23.2 Å². The Morgan fingerprint density at radius 1 is 1.36 bits per heavy atom. The molecule has 0 aliphatic carbocycles. The highest BCUT2D eigenvalue weighted by molar-refractivity contribution is 6.35. The van der Waals surface area contributed by atoms with E-state index in [9.17, 15) is 4.79 Å². The normalized spacial score (nSPS) is 13.5. The van der Waals surface area contributed by atoms with E-state index in [2.05, 4.69) is 15.2 Å². The van der Waals surface area contributed by atoms with Gasteiger partial charge < -0.3 is 15.0 Å². The van der Waals surface area contributed by atoms with E-state index in [-0.39, 0.29) is 5.91 Å². The van der Waals surface area contributed by atoms with E-state index in [1.807, 2.05) is 12.1 Å². The zero-order valence-corrected chi connectivity index (χ0v) is 15.4. The molecule has 25 heavy (non-hydrogen) atoms. The van der Waals surface area contributed by atoms with Crippen LogP contribution in [0.4, 0.5) is 5.82 Å². The van der Waals surface area contributed by atoms with Crippen molar-refractivity contribution in [1.82, 2.24) is 10.3 Å². The van der Waals surface area contributed by atoms with Crippen LogP contribution in [0.3, 0.4) is 0 Å². The third kappa shape index (κ3) is 4.24. The molecule has 2 aromatic rings. The molecular weight excluding hydrogens is 361 g/mol. The predicted molar refractivity (Wildman–Crippen MR) is 99.7 cm³/mol. The van der Waals surface area contributed by atoms with Crippen molar-refractivity contribution in [1.29, 1.82) is 0 Å². The summed E-state index contributed by atoms with van der Waals surface area (Å²) in [6, 6.07) is 7.39. The van der Waals surface area contributed by atoms with Crippen LogP contribution in [0, 0.1) is 0 Å². The fourth-order valence-corrected chi connectivity index (χ4v) is 3.45. The van der Waals surface area contributed by atoms with E-state index in [1.165, 1.54) is 5.56 Å². The molecule has 1 N–H and O–H groups in total.